The standard InChI is InChI=1S/C16H18ClN3O2/c17-11-3-5-12(6-4-11)18-9-7-13(10-18)20-15(21)14-2-1-8-19(14)16(20)22/h3-6,13-14H,1-2,7-10H2/t13-,14-/m0/s1. The highest BCUT2D eigenvalue weighted by atomic mass is 35.5. The van der Waals surface area contributed by atoms with Crippen molar-refractivity contribution in [3.05, 3.63) is 29.3 Å². The van der Waals surface area contributed by atoms with E-state index in [1.807, 2.05) is 24.3 Å². The Morgan fingerprint density at radius 1 is 1.05 bits per heavy atom. The van der Waals surface area contributed by atoms with Gasteiger partial charge in [-0.3, -0.25) is 9.69 Å². The van der Waals surface area contributed by atoms with Gasteiger partial charge >= 0.3 is 6.03 Å². The van der Waals surface area contributed by atoms with Gasteiger partial charge in [0, 0.05) is 30.3 Å². The molecule has 0 radical (unpaired) electrons. The Morgan fingerprint density at radius 3 is 2.55 bits per heavy atom. The van der Waals surface area contributed by atoms with E-state index >= 15 is 0 Å². The fourth-order valence-electron chi connectivity index (χ4n) is 3.82. The van der Waals surface area contributed by atoms with E-state index in [0.717, 1.165) is 38.0 Å². The number of halogens is 1. The summed E-state index contributed by atoms with van der Waals surface area (Å²) in [5.74, 6) is 0.00505. The zero-order valence-electron chi connectivity index (χ0n) is 12.2. The van der Waals surface area contributed by atoms with Crippen LogP contribution < -0.4 is 4.90 Å². The summed E-state index contributed by atoms with van der Waals surface area (Å²) in [6, 6.07) is 7.40. The Hall–Kier alpha value is -1.75. The van der Waals surface area contributed by atoms with Gasteiger partial charge < -0.3 is 9.80 Å². The maximum Gasteiger partial charge on any atom is 0.327 e. The van der Waals surface area contributed by atoms with Crippen molar-refractivity contribution in [3.63, 3.8) is 0 Å². The Balaban J connectivity index is 1.50. The van der Waals surface area contributed by atoms with E-state index < -0.39 is 0 Å². The molecule has 3 aliphatic heterocycles. The lowest BCUT2D eigenvalue weighted by atomic mass is 10.2. The number of nitrogens with zero attached hydrogens (tertiary/aromatic N) is 3. The van der Waals surface area contributed by atoms with Crippen LogP contribution in [-0.2, 0) is 4.79 Å². The van der Waals surface area contributed by atoms with Crippen molar-refractivity contribution in [1.82, 2.24) is 9.80 Å². The molecule has 5 nitrogen and oxygen atoms in total. The van der Waals surface area contributed by atoms with Crippen LogP contribution >= 0.6 is 11.6 Å². The molecular formula is C16H18ClN3O2. The maximum absolute atomic E-state index is 12.5. The van der Waals surface area contributed by atoms with Crippen molar-refractivity contribution in [2.45, 2.75) is 31.3 Å². The zero-order valence-corrected chi connectivity index (χ0v) is 13.0. The van der Waals surface area contributed by atoms with Crippen molar-refractivity contribution in [1.29, 1.82) is 0 Å². The summed E-state index contributed by atoms with van der Waals surface area (Å²) in [5.41, 5.74) is 1.09. The molecule has 1 aromatic carbocycles. The topological polar surface area (TPSA) is 43.9 Å². The predicted octanol–water partition coefficient (Wildman–Crippen LogP) is 2.35. The first kappa shape index (κ1) is 13.9. The minimum Gasteiger partial charge on any atom is -0.369 e. The van der Waals surface area contributed by atoms with Crippen LogP contribution in [0.25, 0.3) is 0 Å². The Bertz CT molecular complexity index is 596. The van der Waals surface area contributed by atoms with Crippen LogP contribution in [0.2, 0.25) is 5.02 Å². The number of hydrogen-bond acceptors (Lipinski definition) is 3. The monoisotopic (exact) mass is 319 g/mol. The predicted molar refractivity (Wildman–Crippen MR) is 84.0 cm³/mol. The second-order valence-corrected chi connectivity index (χ2v) is 6.64. The van der Waals surface area contributed by atoms with Crippen LogP contribution in [0.4, 0.5) is 10.5 Å². The summed E-state index contributed by atoms with van der Waals surface area (Å²) in [5, 5.41) is 0.713. The minimum atomic E-state index is -0.197. The van der Waals surface area contributed by atoms with Crippen LogP contribution in [0.3, 0.4) is 0 Å². The lowest BCUT2D eigenvalue weighted by Gasteiger charge is -2.24. The third kappa shape index (κ3) is 2.07. The molecule has 0 spiro atoms. The highest BCUT2D eigenvalue weighted by molar-refractivity contribution is 6.30. The van der Waals surface area contributed by atoms with Gasteiger partial charge in [0.2, 0.25) is 0 Å². The van der Waals surface area contributed by atoms with E-state index in [4.69, 9.17) is 11.6 Å². The van der Waals surface area contributed by atoms with Crippen LogP contribution in [0.5, 0.6) is 0 Å². The number of benzene rings is 1. The van der Waals surface area contributed by atoms with E-state index in [9.17, 15) is 9.59 Å². The number of rotatable bonds is 2. The van der Waals surface area contributed by atoms with Crippen LogP contribution in [0.1, 0.15) is 19.3 Å². The fraction of sp³-hybridized carbons (Fsp3) is 0.500. The van der Waals surface area contributed by atoms with Gasteiger partial charge in [-0.1, -0.05) is 11.6 Å². The van der Waals surface area contributed by atoms with E-state index in [0.29, 0.717) is 11.6 Å². The first-order valence-corrected chi connectivity index (χ1v) is 8.17. The second kappa shape index (κ2) is 5.16. The molecule has 3 heterocycles. The summed E-state index contributed by atoms with van der Waals surface area (Å²) in [4.78, 5) is 30.4. The van der Waals surface area contributed by atoms with Gasteiger partial charge in [0.25, 0.3) is 5.91 Å². The molecule has 2 atom stereocenters. The van der Waals surface area contributed by atoms with E-state index in [1.54, 1.807) is 4.90 Å². The highest BCUT2D eigenvalue weighted by Gasteiger charge is 2.50. The SMILES string of the molecule is O=C1[C@@H]2CCCN2C(=O)N1[C@H]1CCN(c2ccc(Cl)cc2)C1. The quantitative estimate of drug-likeness (QED) is 0.786. The largest absolute Gasteiger partial charge is 0.369 e. The summed E-state index contributed by atoms with van der Waals surface area (Å²) in [6.07, 6.45) is 2.59. The van der Waals surface area contributed by atoms with Crippen molar-refractivity contribution >= 4 is 29.2 Å². The number of amides is 3. The lowest BCUT2D eigenvalue weighted by molar-refractivity contribution is -0.129. The molecule has 0 unspecified atom stereocenters. The van der Waals surface area contributed by atoms with Crippen LogP contribution in [0, 0.1) is 0 Å². The van der Waals surface area contributed by atoms with Crippen LogP contribution in [-0.4, -0.2) is 53.5 Å². The van der Waals surface area contributed by atoms with Gasteiger partial charge in [-0.25, -0.2) is 4.79 Å². The molecule has 0 aromatic heterocycles. The Labute approximate surface area is 134 Å². The zero-order chi connectivity index (χ0) is 15.3. The average Bonchev–Trinajstić information content (AvgIpc) is 3.20. The number of imide groups is 1. The van der Waals surface area contributed by atoms with E-state index in [2.05, 4.69) is 4.90 Å². The van der Waals surface area contributed by atoms with Gasteiger partial charge in [-0.2, -0.15) is 0 Å². The molecule has 3 fully saturated rings. The molecule has 0 saturated carbocycles. The number of fused-ring (bicyclic) bond motifs is 1. The Morgan fingerprint density at radius 2 is 1.82 bits per heavy atom. The number of carbonyl (C=O) groups excluding carboxylic acids is 2. The molecule has 1 aromatic rings. The van der Waals surface area contributed by atoms with E-state index in [1.165, 1.54) is 4.90 Å². The number of carbonyl (C=O) groups is 2. The van der Waals surface area contributed by atoms with E-state index in [-0.39, 0.29) is 24.0 Å². The maximum atomic E-state index is 12.5. The van der Waals surface area contributed by atoms with Gasteiger partial charge in [-0.05, 0) is 43.5 Å². The van der Waals surface area contributed by atoms with Gasteiger partial charge in [-0.15, -0.1) is 0 Å². The van der Waals surface area contributed by atoms with Crippen molar-refractivity contribution in [3.8, 4) is 0 Å². The Kier molecular flexibility index (Phi) is 3.26. The molecule has 0 bridgehead atoms. The fourth-order valence-corrected chi connectivity index (χ4v) is 3.95. The normalized spacial score (nSPS) is 28.0. The molecule has 6 heteroatoms. The third-order valence-electron chi connectivity index (χ3n) is 4.95. The average molecular weight is 320 g/mol. The molecule has 116 valence electrons. The summed E-state index contributed by atoms with van der Waals surface area (Å²) < 4.78 is 0. The molecular weight excluding hydrogens is 302 g/mol. The number of urea groups is 1. The molecule has 0 aliphatic carbocycles. The van der Waals surface area contributed by atoms with Gasteiger partial charge in [0.1, 0.15) is 6.04 Å². The molecule has 3 aliphatic rings. The number of anilines is 1. The first-order chi connectivity index (χ1) is 10.6. The smallest absolute Gasteiger partial charge is 0.327 e. The highest BCUT2D eigenvalue weighted by Crippen LogP contribution is 2.32. The van der Waals surface area contributed by atoms with Crippen molar-refractivity contribution < 1.29 is 9.59 Å². The molecule has 4 rings (SSSR count). The summed E-state index contributed by atoms with van der Waals surface area (Å²) >= 11 is 5.92. The molecule has 3 saturated heterocycles. The lowest BCUT2D eigenvalue weighted by Crippen LogP contribution is -2.43. The van der Waals surface area contributed by atoms with Crippen LogP contribution in [0.15, 0.2) is 24.3 Å². The molecule has 22 heavy (non-hydrogen) atoms. The first-order valence-electron chi connectivity index (χ1n) is 7.79. The third-order valence-corrected chi connectivity index (χ3v) is 5.20. The molecule has 0 N–H and O–H groups in total. The summed E-state index contributed by atoms with van der Waals surface area (Å²) in [7, 11) is 0. The summed E-state index contributed by atoms with van der Waals surface area (Å²) in [6.45, 7) is 2.28. The minimum absolute atomic E-state index is 0.00505. The van der Waals surface area contributed by atoms with Gasteiger partial charge in [0.15, 0.2) is 0 Å². The second-order valence-electron chi connectivity index (χ2n) is 6.21. The molecule has 3 amide bonds. The van der Waals surface area contributed by atoms with Crippen molar-refractivity contribution in [2.75, 3.05) is 24.5 Å². The van der Waals surface area contributed by atoms with Crippen molar-refractivity contribution in [2.24, 2.45) is 0 Å². The number of hydrogen-bond donors (Lipinski definition) is 0. The van der Waals surface area contributed by atoms with Gasteiger partial charge in [0.05, 0.1) is 6.04 Å².